The van der Waals surface area contributed by atoms with E-state index in [4.69, 9.17) is 9.47 Å². The Hall–Kier alpha value is -2.54. The summed E-state index contributed by atoms with van der Waals surface area (Å²) in [6, 6.07) is 12.7. The minimum Gasteiger partial charge on any atom is -0.497 e. The van der Waals surface area contributed by atoms with Crippen molar-refractivity contribution in [2.24, 2.45) is 0 Å². The molecule has 2 amide bonds. The molecule has 2 aromatic carbocycles. The van der Waals surface area contributed by atoms with E-state index in [9.17, 15) is 9.59 Å². The third kappa shape index (κ3) is 7.77. The second kappa shape index (κ2) is 12.1. The van der Waals surface area contributed by atoms with Crippen LogP contribution in [0.4, 0.5) is 0 Å². The maximum atomic E-state index is 13.2. The predicted molar refractivity (Wildman–Crippen MR) is 135 cm³/mol. The lowest BCUT2D eigenvalue weighted by Gasteiger charge is -2.29. The van der Waals surface area contributed by atoms with Gasteiger partial charge in [-0.05, 0) is 70.1 Å². The van der Waals surface area contributed by atoms with Gasteiger partial charge in [-0.25, -0.2) is 0 Å². The van der Waals surface area contributed by atoms with Crippen molar-refractivity contribution >= 4 is 27.7 Å². The van der Waals surface area contributed by atoms with Gasteiger partial charge in [-0.2, -0.15) is 0 Å². The summed E-state index contributed by atoms with van der Waals surface area (Å²) < 4.78 is 11.8. The summed E-state index contributed by atoms with van der Waals surface area (Å²) in [5.74, 6) is 0.868. The molecular formula is C26H35BrN2O4. The van der Waals surface area contributed by atoms with Crippen LogP contribution in [0.1, 0.15) is 52.2 Å². The third-order valence-electron chi connectivity index (χ3n) is 5.38. The monoisotopic (exact) mass is 518 g/mol. The van der Waals surface area contributed by atoms with E-state index in [1.54, 1.807) is 18.9 Å². The lowest BCUT2D eigenvalue weighted by Crippen LogP contribution is -2.49. The minimum atomic E-state index is -0.638. The Balaban J connectivity index is 2.17. The zero-order chi connectivity index (χ0) is 24.6. The number of hydrogen-bond acceptors (Lipinski definition) is 4. The van der Waals surface area contributed by atoms with Gasteiger partial charge in [0.25, 0.3) is 5.91 Å². The van der Waals surface area contributed by atoms with Gasteiger partial charge in [0, 0.05) is 13.1 Å². The molecule has 2 rings (SSSR count). The van der Waals surface area contributed by atoms with Gasteiger partial charge >= 0.3 is 0 Å². The van der Waals surface area contributed by atoms with Gasteiger partial charge in [-0.3, -0.25) is 9.59 Å². The van der Waals surface area contributed by atoms with E-state index in [1.165, 1.54) is 0 Å². The van der Waals surface area contributed by atoms with E-state index in [0.717, 1.165) is 27.8 Å². The molecule has 0 radical (unpaired) electrons. The van der Waals surface area contributed by atoms with Gasteiger partial charge in [0.15, 0.2) is 6.61 Å². The van der Waals surface area contributed by atoms with Crippen molar-refractivity contribution < 1.29 is 19.1 Å². The van der Waals surface area contributed by atoms with Crippen molar-refractivity contribution in [1.82, 2.24) is 10.2 Å². The van der Waals surface area contributed by atoms with Gasteiger partial charge in [0.1, 0.15) is 17.5 Å². The van der Waals surface area contributed by atoms with E-state index in [2.05, 4.69) is 42.0 Å². The van der Waals surface area contributed by atoms with Crippen LogP contribution in [0, 0.1) is 0 Å². The number of amides is 2. The second-order valence-electron chi connectivity index (χ2n) is 9.02. The van der Waals surface area contributed by atoms with Crippen molar-refractivity contribution in [3.63, 3.8) is 0 Å². The summed E-state index contributed by atoms with van der Waals surface area (Å²) in [6.07, 6.45) is 0.826. The van der Waals surface area contributed by atoms with E-state index < -0.39 is 6.04 Å². The van der Waals surface area contributed by atoms with E-state index in [-0.39, 0.29) is 30.4 Å². The van der Waals surface area contributed by atoms with Gasteiger partial charge in [-0.15, -0.1) is 0 Å². The summed E-state index contributed by atoms with van der Waals surface area (Å²) in [7, 11) is 1.61. The second-order valence-corrected chi connectivity index (χ2v) is 9.87. The summed E-state index contributed by atoms with van der Waals surface area (Å²) in [4.78, 5) is 27.4. The Bertz CT molecular complexity index is 938. The van der Waals surface area contributed by atoms with Gasteiger partial charge in [0.05, 0.1) is 11.6 Å². The topological polar surface area (TPSA) is 67.9 Å². The van der Waals surface area contributed by atoms with Crippen LogP contribution >= 0.6 is 15.9 Å². The first-order chi connectivity index (χ1) is 15.6. The van der Waals surface area contributed by atoms with Crippen LogP contribution in [0.15, 0.2) is 46.9 Å². The quantitative estimate of drug-likeness (QED) is 0.476. The molecule has 0 aliphatic carbocycles. The number of halogens is 1. The molecule has 0 bridgehead atoms. The van der Waals surface area contributed by atoms with Crippen molar-refractivity contribution in [1.29, 1.82) is 0 Å². The normalized spacial score (nSPS) is 12.1. The smallest absolute Gasteiger partial charge is 0.261 e. The summed E-state index contributed by atoms with van der Waals surface area (Å²) in [6.45, 7) is 10.8. The Kier molecular flexibility index (Phi) is 9.77. The number of carbonyl (C=O) groups is 2. The van der Waals surface area contributed by atoms with Crippen LogP contribution in [-0.2, 0) is 21.5 Å². The molecule has 0 aromatic heterocycles. The highest BCUT2D eigenvalue weighted by atomic mass is 79.9. The first-order valence-corrected chi connectivity index (χ1v) is 12.0. The van der Waals surface area contributed by atoms with Crippen molar-refractivity contribution in [3.8, 4) is 11.5 Å². The number of ether oxygens (including phenoxy) is 2. The van der Waals surface area contributed by atoms with Gasteiger partial charge in [-0.1, -0.05) is 45.9 Å². The number of hydrogen-bond donors (Lipinski definition) is 1. The molecule has 180 valence electrons. The zero-order valence-corrected chi connectivity index (χ0v) is 22.0. The first kappa shape index (κ1) is 26.7. The van der Waals surface area contributed by atoms with Gasteiger partial charge < -0.3 is 19.7 Å². The number of methoxy groups -OCH3 is 1. The molecule has 33 heavy (non-hydrogen) atoms. The number of carbonyl (C=O) groups excluding carboxylic acids is 2. The fourth-order valence-electron chi connectivity index (χ4n) is 3.21. The Morgan fingerprint density at radius 2 is 1.79 bits per heavy atom. The largest absolute Gasteiger partial charge is 0.497 e. The predicted octanol–water partition coefficient (Wildman–Crippen LogP) is 5.08. The summed E-state index contributed by atoms with van der Waals surface area (Å²) >= 11 is 3.55. The van der Waals surface area contributed by atoms with Crippen LogP contribution in [0.2, 0.25) is 0 Å². The molecule has 0 aliphatic rings. The minimum absolute atomic E-state index is 0.00726. The molecule has 1 atom stereocenters. The van der Waals surface area contributed by atoms with Gasteiger partial charge in [0.2, 0.25) is 5.91 Å². The highest BCUT2D eigenvalue weighted by molar-refractivity contribution is 9.10. The van der Waals surface area contributed by atoms with E-state index in [0.29, 0.717) is 12.3 Å². The van der Waals surface area contributed by atoms with Crippen LogP contribution < -0.4 is 14.8 Å². The maximum absolute atomic E-state index is 13.2. The Labute approximate surface area is 205 Å². The van der Waals surface area contributed by atoms with E-state index >= 15 is 0 Å². The SMILES string of the molecule is CCCNC(=O)C(C)N(Cc1ccc(OC)cc1)C(=O)COc1ccc(C(C)(C)C)cc1Br. The molecular weight excluding hydrogens is 484 g/mol. The molecule has 0 saturated carbocycles. The molecule has 0 fully saturated rings. The highest BCUT2D eigenvalue weighted by Crippen LogP contribution is 2.31. The molecule has 0 saturated heterocycles. The number of benzene rings is 2. The van der Waals surface area contributed by atoms with Crippen molar-refractivity contribution in [2.45, 2.75) is 59.0 Å². The highest BCUT2D eigenvalue weighted by Gasteiger charge is 2.26. The summed E-state index contributed by atoms with van der Waals surface area (Å²) in [5.41, 5.74) is 2.07. The Morgan fingerprint density at radius 1 is 1.12 bits per heavy atom. The molecule has 0 aliphatic heterocycles. The lowest BCUT2D eigenvalue weighted by molar-refractivity contribution is -0.142. The van der Waals surface area contributed by atoms with E-state index in [1.807, 2.05) is 49.4 Å². The lowest BCUT2D eigenvalue weighted by atomic mass is 9.87. The Morgan fingerprint density at radius 3 is 2.33 bits per heavy atom. The molecule has 0 spiro atoms. The van der Waals surface area contributed by atoms with Crippen molar-refractivity contribution in [2.75, 3.05) is 20.3 Å². The number of rotatable bonds is 10. The molecule has 0 heterocycles. The zero-order valence-electron chi connectivity index (χ0n) is 20.4. The molecule has 7 heteroatoms. The van der Waals surface area contributed by atoms with Crippen LogP contribution in [-0.4, -0.2) is 43.0 Å². The average molecular weight is 519 g/mol. The van der Waals surface area contributed by atoms with Crippen LogP contribution in [0.5, 0.6) is 11.5 Å². The van der Waals surface area contributed by atoms with Crippen LogP contribution in [0.3, 0.4) is 0 Å². The summed E-state index contributed by atoms with van der Waals surface area (Å²) in [5, 5.41) is 2.87. The molecule has 1 N–H and O–H groups in total. The number of nitrogens with one attached hydrogen (secondary N) is 1. The maximum Gasteiger partial charge on any atom is 0.261 e. The average Bonchev–Trinajstić information content (AvgIpc) is 2.79. The fraction of sp³-hybridized carbons (Fsp3) is 0.462. The number of nitrogens with zero attached hydrogens (tertiary/aromatic N) is 1. The third-order valence-corrected chi connectivity index (χ3v) is 6.00. The first-order valence-electron chi connectivity index (χ1n) is 11.2. The molecule has 6 nitrogen and oxygen atoms in total. The fourth-order valence-corrected chi connectivity index (χ4v) is 3.71. The molecule has 1 unspecified atom stereocenters. The molecule has 2 aromatic rings. The van der Waals surface area contributed by atoms with Crippen LogP contribution in [0.25, 0.3) is 0 Å². The standard InChI is InChI=1S/C26H35BrN2O4/c1-7-14-28-25(31)18(2)29(16-19-8-11-21(32-6)12-9-19)24(30)17-33-23-13-10-20(15-22(23)27)26(3,4)5/h8-13,15,18H,7,14,16-17H2,1-6H3,(H,28,31). The van der Waals surface area contributed by atoms with Crippen molar-refractivity contribution in [3.05, 3.63) is 58.1 Å².